The number of Topliss-reactive ketones (excluding diaryl/α,β-unsaturated/α-hetero) is 1. The fourth-order valence-electron chi connectivity index (χ4n) is 3.33. The lowest BCUT2D eigenvalue weighted by molar-refractivity contribution is -0.144. The van der Waals surface area contributed by atoms with E-state index >= 15 is 0 Å². The summed E-state index contributed by atoms with van der Waals surface area (Å²) in [4.78, 5) is 47.4. The number of hydrogen-bond donors (Lipinski definition) is 3. The van der Waals surface area contributed by atoms with Crippen LogP contribution in [0.2, 0.25) is 0 Å². The van der Waals surface area contributed by atoms with Gasteiger partial charge in [0.1, 0.15) is 23.7 Å². The largest absolute Gasteiger partial charge is 0.480 e. The molecule has 0 spiro atoms. The molecule has 1 saturated carbocycles. The number of amides is 2. The van der Waals surface area contributed by atoms with Crippen molar-refractivity contribution in [2.45, 2.75) is 51.1 Å². The molecule has 3 atom stereocenters. The first-order valence-electron chi connectivity index (χ1n) is 8.82. The number of ketones is 1. The van der Waals surface area contributed by atoms with Gasteiger partial charge in [0.15, 0.2) is 0 Å². The molecule has 0 bridgehead atoms. The maximum Gasteiger partial charge on any atom is 0.326 e. The van der Waals surface area contributed by atoms with E-state index in [2.05, 4.69) is 10.6 Å². The van der Waals surface area contributed by atoms with Crippen molar-refractivity contribution >= 4 is 23.6 Å². The Morgan fingerprint density at radius 3 is 2.63 bits per heavy atom. The Bertz CT molecular complexity index is 737. The second-order valence-electron chi connectivity index (χ2n) is 6.81. The Hall–Kier alpha value is -2.77. The first kappa shape index (κ1) is 20.5. The molecule has 3 N–H and O–H groups in total. The van der Waals surface area contributed by atoms with Crippen LogP contribution in [-0.2, 0) is 25.6 Å². The molecule has 0 aromatic heterocycles. The van der Waals surface area contributed by atoms with Gasteiger partial charge in [-0.3, -0.25) is 14.4 Å². The molecule has 0 unspecified atom stereocenters. The third-order valence-electron chi connectivity index (χ3n) is 4.58. The minimum Gasteiger partial charge on any atom is -0.480 e. The fraction of sp³-hybridized carbons (Fsp3) is 0.474. The topological polar surface area (TPSA) is 113 Å². The van der Waals surface area contributed by atoms with Crippen molar-refractivity contribution in [1.82, 2.24) is 10.6 Å². The summed E-state index contributed by atoms with van der Waals surface area (Å²) in [5.74, 6) is -3.36. The molecule has 8 heteroatoms. The van der Waals surface area contributed by atoms with Gasteiger partial charge in [-0.25, -0.2) is 9.18 Å². The van der Waals surface area contributed by atoms with E-state index in [4.69, 9.17) is 0 Å². The van der Waals surface area contributed by atoms with E-state index in [1.807, 2.05) is 0 Å². The lowest BCUT2D eigenvalue weighted by atomic mass is 9.83. The maximum atomic E-state index is 13.4. The SMILES string of the molecule is CC(=O)N[C@H](Cc1cccc(F)c1)C(=O)N[C@@H](C(=O)O)[C@@H]1CCCC(=O)C1. The number of carbonyl (C=O) groups excluding carboxylic acids is 3. The van der Waals surface area contributed by atoms with Gasteiger partial charge in [-0.2, -0.15) is 0 Å². The number of carbonyl (C=O) groups is 4. The highest BCUT2D eigenvalue weighted by Crippen LogP contribution is 2.24. The van der Waals surface area contributed by atoms with Crippen LogP contribution in [0, 0.1) is 11.7 Å². The van der Waals surface area contributed by atoms with Crippen molar-refractivity contribution < 1.29 is 28.7 Å². The number of aliphatic carboxylic acids is 1. The van der Waals surface area contributed by atoms with E-state index < -0.39 is 41.6 Å². The van der Waals surface area contributed by atoms with Crippen molar-refractivity contribution in [2.75, 3.05) is 0 Å². The standard InChI is InChI=1S/C19H23FN2O5/c1-11(23)21-16(9-12-4-2-6-14(20)8-12)18(25)22-17(19(26)27)13-5-3-7-15(24)10-13/h2,4,6,8,13,16-17H,3,5,7,9-10H2,1H3,(H,21,23)(H,22,25)(H,26,27)/t13-,16-,17-/m1/s1. The molecule has 1 aliphatic carbocycles. The minimum absolute atomic E-state index is 0.0130. The van der Waals surface area contributed by atoms with E-state index in [0.717, 1.165) is 0 Å². The fourth-order valence-corrected chi connectivity index (χ4v) is 3.33. The van der Waals surface area contributed by atoms with Crippen LogP contribution in [0.15, 0.2) is 24.3 Å². The molecule has 0 aliphatic heterocycles. The first-order chi connectivity index (χ1) is 12.8. The molecule has 1 aromatic rings. The number of nitrogens with one attached hydrogen (secondary N) is 2. The smallest absolute Gasteiger partial charge is 0.326 e. The highest BCUT2D eigenvalue weighted by molar-refractivity contribution is 5.90. The van der Waals surface area contributed by atoms with Crippen LogP contribution in [0.5, 0.6) is 0 Å². The Labute approximate surface area is 156 Å². The quantitative estimate of drug-likeness (QED) is 0.660. The third kappa shape index (κ3) is 6.16. The highest BCUT2D eigenvalue weighted by Gasteiger charge is 2.35. The second kappa shape index (κ2) is 9.25. The van der Waals surface area contributed by atoms with Gasteiger partial charge >= 0.3 is 5.97 Å². The highest BCUT2D eigenvalue weighted by atomic mass is 19.1. The lowest BCUT2D eigenvalue weighted by Crippen LogP contribution is -2.54. The average Bonchev–Trinajstić information content (AvgIpc) is 2.58. The molecular weight excluding hydrogens is 355 g/mol. The zero-order chi connectivity index (χ0) is 20.0. The predicted molar refractivity (Wildman–Crippen MR) is 94.2 cm³/mol. The molecule has 1 fully saturated rings. The van der Waals surface area contributed by atoms with E-state index in [9.17, 15) is 28.7 Å². The summed E-state index contributed by atoms with van der Waals surface area (Å²) in [5.41, 5.74) is 0.489. The third-order valence-corrected chi connectivity index (χ3v) is 4.58. The number of rotatable bonds is 7. The average molecular weight is 378 g/mol. The summed E-state index contributed by atoms with van der Waals surface area (Å²) in [6.07, 6.45) is 1.65. The van der Waals surface area contributed by atoms with Crippen LogP contribution >= 0.6 is 0 Å². The molecule has 1 aliphatic rings. The molecule has 0 saturated heterocycles. The number of benzene rings is 1. The van der Waals surface area contributed by atoms with Gasteiger partial charge in [-0.1, -0.05) is 12.1 Å². The van der Waals surface area contributed by atoms with Crippen LogP contribution in [-0.4, -0.2) is 40.8 Å². The molecule has 0 heterocycles. The summed E-state index contributed by atoms with van der Waals surface area (Å²) >= 11 is 0. The summed E-state index contributed by atoms with van der Waals surface area (Å²) < 4.78 is 13.4. The number of carboxylic acid groups (broad SMARTS) is 1. The van der Waals surface area contributed by atoms with Gasteiger partial charge in [0.2, 0.25) is 11.8 Å². The van der Waals surface area contributed by atoms with Crippen LogP contribution in [0.3, 0.4) is 0 Å². The van der Waals surface area contributed by atoms with Crippen molar-refractivity contribution in [2.24, 2.45) is 5.92 Å². The molecule has 1 aromatic carbocycles. The van der Waals surface area contributed by atoms with E-state index in [0.29, 0.717) is 24.8 Å². The van der Waals surface area contributed by atoms with E-state index in [1.165, 1.54) is 25.1 Å². The second-order valence-corrected chi connectivity index (χ2v) is 6.81. The van der Waals surface area contributed by atoms with Gasteiger partial charge in [0.25, 0.3) is 0 Å². The van der Waals surface area contributed by atoms with Crippen LogP contribution in [0.25, 0.3) is 0 Å². The van der Waals surface area contributed by atoms with Crippen LogP contribution in [0.4, 0.5) is 4.39 Å². The van der Waals surface area contributed by atoms with Crippen molar-refractivity contribution in [3.8, 4) is 0 Å². The molecule has 2 amide bonds. The zero-order valence-electron chi connectivity index (χ0n) is 15.0. The number of halogens is 1. The molecule has 27 heavy (non-hydrogen) atoms. The van der Waals surface area contributed by atoms with Crippen LogP contribution in [0.1, 0.15) is 38.2 Å². The Kier molecular flexibility index (Phi) is 7.04. The summed E-state index contributed by atoms with van der Waals surface area (Å²) in [6, 6.07) is 3.34. The summed E-state index contributed by atoms with van der Waals surface area (Å²) in [6.45, 7) is 1.24. The molecule has 0 radical (unpaired) electrons. The Morgan fingerprint density at radius 2 is 2.04 bits per heavy atom. The van der Waals surface area contributed by atoms with Gasteiger partial charge in [0.05, 0.1) is 0 Å². The summed E-state index contributed by atoms with van der Waals surface area (Å²) in [7, 11) is 0. The predicted octanol–water partition coefficient (Wildman–Crippen LogP) is 1.20. The number of carboxylic acids is 1. The van der Waals surface area contributed by atoms with Gasteiger partial charge < -0.3 is 15.7 Å². The Balaban J connectivity index is 2.13. The molecule has 7 nitrogen and oxygen atoms in total. The minimum atomic E-state index is -1.23. The van der Waals surface area contributed by atoms with E-state index in [-0.39, 0.29) is 18.6 Å². The summed E-state index contributed by atoms with van der Waals surface area (Å²) in [5, 5.41) is 14.4. The van der Waals surface area contributed by atoms with Crippen molar-refractivity contribution in [1.29, 1.82) is 0 Å². The molecule has 146 valence electrons. The van der Waals surface area contributed by atoms with Crippen LogP contribution < -0.4 is 10.6 Å². The number of hydrogen-bond acceptors (Lipinski definition) is 4. The first-order valence-corrected chi connectivity index (χ1v) is 8.82. The Morgan fingerprint density at radius 1 is 1.30 bits per heavy atom. The normalized spacial score (nSPS) is 19.0. The van der Waals surface area contributed by atoms with Crippen molar-refractivity contribution in [3.05, 3.63) is 35.6 Å². The monoisotopic (exact) mass is 378 g/mol. The van der Waals surface area contributed by atoms with Crippen molar-refractivity contribution in [3.63, 3.8) is 0 Å². The van der Waals surface area contributed by atoms with Gasteiger partial charge in [-0.05, 0) is 36.5 Å². The van der Waals surface area contributed by atoms with Gasteiger partial charge in [-0.15, -0.1) is 0 Å². The maximum absolute atomic E-state index is 13.4. The lowest BCUT2D eigenvalue weighted by Gasteiger charge is -2.29. The molecular formula is C19H23FN2O5. The van der Waals surface area contributed by atoms with Gasteiger partial charge in [0, 0.05) is 26.2 Å². The zero-order valence-corrected chi connectivity index (χ0v) is 15.0. The van der Waals surface area contributed by atoms with E-state index in [1.54, 1.807) is 6.07 Å². The molecule has 2 rings (SSSR count).